The molecule has 1 heterocycles. The van der Waals surface area contributed by atoms with E-state index >= 15 is 0 Å². The minimum Gasteiger partial charge on any atom is -0.356 e. The molecule has 0 saturated carbocycles. The van der Waals surface area contributed by atoms with E-state index < -0.39 is 12.6 Å². The lowest BCUT2D eigenvalue weighted by Crippen LogP contribution is -2.40. The van der Waals surface area contributed by atoms with E-state index in [-0.39, 0.29) is 30.5 Å². The number of rotatable bonds is 6. The van der Waals surface area contributed by atoms with Gasteiger partial charge in [0.25, 0.3) is 0 Å². The predicted octanol–water partition coefficient (Wildman–Crippen LogP) is 2.84. The van der Waals surface area contributed by atoms with Crippen molar-refractivity contribution in [3.8, 4) is 0 Å². The van der Waals surface area contributed by atoms with Crippen molar-refractivity contribution < 1.29 is 13.2 Å². The Kier molecular flexibility index (Phi) is 11.2. The zero-order valence-corrected chi connectivity index (χ0v) is 15.7. The smallest absolute Gasteiger partial charge is 0.356 e. The van der Waals surface area contributed by atoms with E-state index in [9.17, 15) is 13.2 Å². The Morgan fingerprint density at radius 1 is 1.18 bits per heavy atom. The van der Waals surface area contributed by atoms with Crippen LogP contribution in [0.15, 0.2) is 4.99 Å². The highest BCUT2D eigenvalue weighted by Gasteiger charge is 2.26. The number of hydrogen-bond acceptors (Lipinski definition) is 2. The Morgan fingerprint density at radius 3 is 2.32 bits per heavy atom. The summed E-state index contributed by atoms with van der Waals surface area (Å²) in [7, 11) is 1.56. The zero-order valence-electron chi connectivity index (χ0n) is 13.4. The third kappa shape index (κ3) is 10.5. The van der Waals surface area contributed by atoms with Crippen LogP contribution in [0.4, 0.5) is 13.2 Å². The first kappa shape index (κ1) is 21.8. The van der Waals surface area contributed by atoms with Gasteiger partial charge in [0, 0.05) is 20.1 Å². The van der Waals surface area contributed by atoms with Gasteiger partial charge >= 0.3 is 6.18 Å². The average Bonchev–Trinajstić information content (AvgIpc) is 2.42. The summed E-state index contributed by atoms with van der Waals surface area (Å²) in [6, 6.07) is 0. The highest BCUT2D eigenvalue weighted by molar-refractivity contribution is 14.0. The van der Waals surface area contributed by atoms with Crippen molar-refractivity contribution in [2.45, 2.75) is 38.8 Å². The van der Waals surface area contributed by atoms with Gasteiger partial charge in [-0.2, -0.15) is 13.2 Å². The van der Waals surface area contributed by atoms with Crippen LogP contribution in [-0.4, -0.2) is 56.8 Å². The summed E-state index contributed by atoms with van der Waals surface area (Å²) in [6.07, 6.45) is -1.49. The van der Waals surface area contributed by atoms with Crippen LogP contribution in [0.2, 0.25) is 0 Å². The number of guanidine groups is 1. The minimum absolute atomic E-state index is 0. The SMILES string of the molecule is CN=C(NCCCN1CCC(C)CC1)NCCC(F)(F)F.I. The van der Waals surface area contributed by atoms with Crippen LogP contribution in [0.25, 0.3) is 0 Å². The molecule has 0 aromatic carbocycles. The molecule has 0 atom stereocenters. The standard InChI is InChI=1S/C14H27F3N4.HI/c1-12-4-10-21(11-5-12)9-3-7-19-13(18-2)20-8-6-14(15,16)17;/h12H,3-11H2,1-2H3,(H2,18,19,20);1H. The number of aliphatic imine (C=N–C) groups is 1. The Hall–Kier alpha value is -0.250. The van der Waals surface area contributed by atoms with Gasteiger partial charge in [-0.25, -0.2) is 0 Å². The van der Waals surface area contributed by atoms with Crippen LogP contribution in [0.3, 0.4) is 0 Å². The summed E-state index contributed by atoms with van der Waals surface area (Å²) >= 11 is 0. The van der Waals surface area contributed by atoms with Gasteiger partial charge in [0.1, 0.15) is 0 Å². The third-order valence-corrected chi connectivity index (χ3v) is 3.74. The molecule has 0 radical (unpaired) electrons. The Labute approximate surface area is 148 Å². The second kappa shape index (κ2) is 11.3. The quantitative estimate of drug-likeness (QED) is 0.291. The molecule has 0 aliphatic carbocycles. The normalized spacial score (nSPS) is 18.0. The summed E-state index contributed by atoms with van der Waals surface area (Å²) in [5.41, 5.74) is 0. The fourth-order valence-electron chi connectivity index (χ4n) is 2.34. The van der Waals surface area contributed by atoms with E-state index in [1.54, 1.807) is 7.05 Å². The maximum atomic E-state index is 12.0. The first-order valence-electron chi connectivity index (χ1n) is 7.64. The Balaban J connectivity index is 0.00000441. The largest absolute Gasteiger partial charge is 0.390 e. The molecule has 8 heteroatoms. The molecule has 0 amide bonds. The predicted molar refractivity (Wildman–Crippen MR) is 94.9 cm³/mol. The molecule has 2 N–H and O–H groups in total. The lowest BCUT2D eigenvalue weighted by atomic mass is 9.99. The molecular weight excluding hydrogens is 408 g/mol. The van der Waals surface area contributed by atoms with Gasteiger partial charge in [-0.15, -0.1) is 24.0 Å². The number of likely N-dealkylation sites (tertiary alicyclic amines) is 1. The van der Waals surface area contributed by atoms with E-state index in [1.807, 2.05) is 0 Å². The number of nitrogens with zero attached hydrogens (tertiary/aromatic N) is 2. The highest BCUT2D eigenvalue weighted by atomic mass is 127. The zero-order chi connectivity index (χ0) is 15.7. The molecule has 1 rings (SSSR count). The van der Waals surface area contributed by atoms with Crippen molar-refractivity contribution in [2.75, 3.05) is 39.8 Å². The summed E-state index contributed by atoms with van der Waals surface area (Å²) in [4.78, 5) is 6.36. The van der Waals surface area contributed by atoms with Crippen LogP contribution in [-0.2, 0) is 0 Å². The van der Waals surface area contributed by atoms with Gasteiger partial charge in [0.05, 0.1) is 6.42 Å². The monoisotopic (exact) mass is 436 g/mol. The second-order valence-corrected chi connectivity index (χ2v) is 5.67. The molecule has 132 valence electrons. The van der Waals surface area contributed by atoms with Gasteiger partial charge in [-0.3, -0.25) is 4.99 Å². The molecule has 0 aromatic rings. The van der Waals surface area contributed by atoms with Gasteiger partial charge in [-0.05, 0) is 44.8 Å². The molecule has 0 aromatic heterocycles. The number of piperidine rings is 1. The van der Waals surface area contributed by atoms with Crippen LogP contribution in [0.1, 0.15) is 32.6 Å². The fourth-order valence-corrected chi connectivity index (χ4v) is 2.34. The van der Waals surface area contributed by atoms with E-state index in [4.69, 9.17) is 0 Å². The van der Waals surface area contributed by atoms with E-state index in [1.165, 1.54) is 12.8 Å². The van der Waals surface area contributed by atoms with Crippen LogP contribution in [0.5, 0.6) is 0 Å². The van der Waals surface area contributed by atoms with Crippen molar-refractivity contribution in [2.24, 2.45) is 10.9 Å². The van der Waals surface area contributed by atoms with Crippen molar-refractivity contribution in [3.63, 3.8) is 0 Å². The molecule has 1 fully saturated rings. The molecule has 0 bridgehead atoms. The maximum Gasteiger partial charge on any atom is 0.390 e. The maximum absolute atomic E-state index is 12.0. The number of alkyl halides is 3. The third-order valence-electron chi connectivity index (χ3n) is 3.74. The first-order chi connectivity index (χ1) is 9.90. The van der Waals surface area contributed by atoms with Crippen LogP contribution < -0.4 is 10.6 Å². The van der Waals surface area contributed by atoms with Crippen molar-refractivity contribution in [3.05, 3.63) is 0 Å². The average molecular weight is 436 g/mol. The van der Waals surface area contributed by atoms with Crippen molar-refractivity contribution >= 4 is 29.9 Å². The van der Waals surface area contributed by atoms with Crippen LogP contribution in [0, 0.1) is 5.92 Å². The molecule has 0 spiro atoms. The lowest BCUT2D eigenvalue weighted by Gasteiger charge is -2.30. The van der Waals surface area contributed by atoms with E-state index in [0.29, 0.717) is 5.96 Å². The molecule has 22 heavy (non-hydrogen) atoms. The van der Waals surface area contributed by atoms with Crippen LogP contribution >= 0.6 is 24.0 Å². The fraction of sp³-hybridized carbons (Fsp3) is 0.929. The topological polar surface area (TPSA) is 39.7 Å². The molecule has 0 unspecified atom stereocenters. The molecular formula is C14H28F3IN4. The molecule has 1 aliphatic heterocycles. The molecule has 1 aliphatic rings. The highest BCUT2D eigenvalue weighted by Crippen LogP contribution is 2.18. The van der Waals surface area contributed by atoms with Gasteiger partial charge in [0.15, 0.2) is 5.96 Å². The van der Waals surface area contributed by atoms with E-state index in [0.717, 1.165) is 38.5 Å². The second-order valence-electron chi connectivity index (χ2n) is 5.67. The minimum atomic E-state index is -4.13. The number of nitrogens with one attached hydrogen (secondary N) is 2. The van der Waals surface area contributed by atoms with Gasteiger partial charge in [-0.1, -0.05) is 6.92 Å². The van der Waals surface area contributed by atoms with Gasteiger partial charge in [0.2, 0.25) is 0 Å². The Bertz CT molecular complexity index is 316. The Morgan fingerprint density at radius 2 is 1.77 bits per heavy atom. The lowest BCUT2D eigenvalue weighted by molar-refractivity contribution is -0.132. The number of hydrogen-bond donors (Lipinski definition) is 2. The molecule has 4 nitrogen and oxygen atoms in total. The van der Waals surface area contributed by atoms with Gasteiger partial charge < -0.3 is 15.5 Å². The summed E-state index contributed by atoms with van der Waals surface area (Å²) in [6.45, 7) is 6.19. The first-order valence-corrected chi connectivity index (χ1v) is 7.64. The van der Waals surface area contributed by atoms with Crippen molar-refractivity contribution in [1.82, 2.24) is 15.5 Å². The summed E-state index contributed by atoms with van der Waals surface area (Å²) in [5.74, 6) is 1.27. The molecule has 1 saturated heterocycles. The number of halogens is 4. The van der Waals surface area contributed by atoms with Crippen molar-refractivity contribution in [1.29, 1.82) is 0 Å². The summed E-state index contributed by atoms with van der Waals surface area (Å²) in [5, 5.41) is 5.72. The summed E-state index contributed by atoms with van der Waals surface area (Å²) < 4.78 is 36.1. The van der Waals surface area contributed by atoms with E-state index in [2.05, 4.69) is 27.4 Å².